The summed E-state index contributed by atoms with van der Waals surface area (Å²) in [4.78, 5) is 42.4. The van der Waals surface area contributed by atoms with Gasteiger partial charge in [0.15, 0.2) is 0 Å². The van der Waals surface area contributed by atoms with Crippen LogP contribution in [0, 0.1) is 11.3 Å². The number of benzene rings is 2. The molecule has 1 aliphatic heterocycles. The van der Waals surface area contributed by atoms with Crippen molar-refractivity contribution in [2.75, 3.05) is 13.6 Å². The molecular weight excluding hydrogens is 487 g/mol. The summed E-state index contributed by atoms with van der Waals surface area (Å²) in [6.07, 6.45) is 3.31. The van der Waals surface area contributed by atoms with Gasteiger partial charge >= 0.3 is 0 Å². The smallest absolute Gasteiger partial charge is 0.243 e. The molecule has 206 valence electrons. The van der Waals surface area contributed by atoms with Crippen molar-refractivity contribution in [1.29, 1.82) is 0 Å². The van der Waals surface area contributed by atoms with Crippen LogP contribution in [-0.4, -0.2) is 56.1 Å². The fourth-order valence-corrected chi connectivity index (χ4v) is 5.69. The van der Waals surface area contributed by atoms with Crippen LogP contribution < -0.4 is 21.4 Å². The number of fused-ring (bicyclic) bond motifs is 2. The van der Waals surface area contributed by atoms with Crippen LogP contribution in [0.2, 0.25) is 0 Å². The molecule has 7 nitrogen and oxygen atoms in total. The first kappa shape index (κ1) is 28.9. The van der Waals surface area contributed by atoms with E-state index in [0.717, 1.165) is 36.0 Å². The van der Waals surface area contributed by atoms with Gasteiger partial charge in [0.2, 0.25) is 17.7 Å². The Morgan fingerprint density at radius 3 is 2.54 bits per heavy atom. The quantitative estimate of drug-likeness (QED) is 0.482. The third-order valence-corrected chi connectivity index (χ3v) is 8.28. The Kier molecular flexibility index (Phi) is 8.85. The van der Waals surface area contributed by atoms with Crippen LogP contribution in [0.15, 0.2) is 42.5 Å². The topological polar surface area (TPSA) is 90.5 Å². The van der Waals surface area contributed by atoms with Gasteiger partial charge in [0.05, 0.1) is 18.0 Å². The number of amides is 3. The zero-order chi connectivity index (χ0) is 28.3. The molecule has 3 N–H and O–H groups in total. The second-order valence-corrected chi connectivity index (χ2v) is 12.0. The number of hydrogen-bond donors (Lipinski definition) is 3. The van der Waals surface area contributed by atoms with E-state index in [2.05, 4.69) is 28.1 Å². The average molecular weight is 529 g/mol. The monoisotopic (exact) mass is 528 g/mol. The Morgan fingerprint density at radius 1 is 1.08 bits per heavy atom. The van der Waals surface area contributed by atoms with E-state index in [1.54, 1.807) is 18.9 Å². The number of aryl methyl sites for hydroxylation is 1. The van der Waals surface area contributed by atoms with E-state index in [1.165, 1.54) is 5.56 Å². The normalized spacial score (nSPS) is 20.3. The van der Waals surface area contributed by atoms with Gasteiger partial charge in [-0.15, -0.1) is 0 Å². The van der Waals surface area contributed by atoms with E-state index in [0.29, 0.717) is 18.4 Å². The zero-order valence-electron chi connectivity index (χ0n) is 23.8. The molecule has 39 heavy (non-hydrogen) atoms. The third kappa shape index (κ3) is 6.55. The molecule has 0 aromatic heterocycles. The molecule has 2 aromatic carbocycles. The maximum atomic E-state index is 14.2. The van der Waals surface area contributed by atoms with Crippen molar-refractivity contribution < 1.29 is 14.4 Å². The summed E-state index contributed by atoms with van der Waals surface area (Å²) in [5.41, 5.74) is 4.60. The molecule has 2 radical (unpaired) electrons. The van der Waals surface area contributed by atoms with Gasteiger partial charge in [-0.1, -0.05) is 68.7 Å². The Bertz CT molecular complexity index is 1220. The second kappa shape index (κ2) is 11.9. The summed E-state index contributed by atoms with van der Waals surface area (Å²) < 4.78 is 0. The molecule has 3 amide bonds. The number of carbonyl (C=O) groups is 3. The number of carbonyl (C=O) groups excluding carboxylic acids is 3. The van der Waals surface area contributed by atoms with Crippen molar-refractivity contribution in [3.8, 4) is 0 Å². The van der Waals surface area contributed by atoms with Gasteiger partial charge in [-0.25, -0.2) is 0 Å². The lowest BCUT2D eigenvalue weighted by atomic mass is 9.78. The van der Waals surface area contributed by atoms with Crippen molar-refractivity contribution in [3.05, 3.63) is 64.7 Å². The van der Waals surface area contributed by atoms with Crippen LogP contribution in [0.5, 0.6) is 0 Å². The van der Waals surface area contributed by atoms with Crippen LogP contribution in [0.3, 0.4) is 0 Å². The highest BCUT2D eigenvalue weighted by Gasteiger charge is 2.42. The van der Waals surface area contributed by atoms with Crippen LogP contribution >= 0.6 is 0 Å². The van der Waals surface area contributed by atoms with Crippen LogP contribution in [0.4, 0.5) is 0 Å². The molecule has 2 aliphatic rings. The molecule has 0 spiro atoms. The maximum absolute atomic E-state index is 14.2. The van der Waals surface area contributed by atoms with E-state index in [1.807, 2.05) is 51.1 Å². The lowest BCUT2D eigenvalue weighted by Crippen LogP contribution is -2.57. The summed E-state index contributed by atoms with van der Waals surface area (Å²) in [6, 6.07) is 12.9. The number of nitrogens with one attached hydrogen (secondary N) is 3. The van der Waals surface area contributed by atoms with E-state index in [-0.39, 0.29) is 36.3 Å². The zero-order valence-corrected chi connectivity index (χ0v) is 23.8. The standard InChI is InChI=1S/C31H41BN4O3/c1-19(33-5)28(37)34-17-25(31(2,3)4)30(39)36-18-22-15-23(32)14-13-21(22)16-27(36)29(38)35-26-12-8-10-20-9-6-7-11-24(20)26/h6-7,9,11,13-15,19,25-27,33H,8,10,12,16-18H2,1-5H3,(H,34,37)(H,35,38)/t19-,25+,26+,27-/m0/s1. The molecule has 0 saturated heterocycles. The van der Waals surface area contributed by atoms with Gasteiger partial charge in [0, 0.05) is 19.5 Å². The molecule has 0 fully saturated rings. The van der Waals surface area contributed by atoms with Crippen molar-refractivity contribution in [1.82, 2.24) is 20.9 Å². The van der Waals surface area contributed by atoms with Gasteiger partial charge in [-0.3, -0.25) is 14.4 Å². The predicted molar refractivity (Wildman–Crippen MR) is 155 cm³/mol. The Labute approximate surface area is 233 Å². The van der Waals surface area contributed by atoms with Crippen LogP contribution in [0.25, 0.3) is 0 Å². The fraction of sp³-hybridized carbons (Fsp3) is 0.516. The molecular formula is C31H41BN4O3. The molecule has 0 unspecified atom stereocenters. The highest BCUT2D eigenvalue weighted by molar-refractivity contribution is 6.32. The number of nitrogens with zero attached hydrogens (tertiary/aromatic N) is 1. The highest BCUT2D eigenvalue weighted by atomic mass is 16.2. The first-order valence-electron chi connectivity index (χ1n) is 14.0. The van der Waals surface area contributed by atoms with Gasteiger partial charge < -0.3 is 20.9 Å². The van der Waals surface area contributed by atoms with Crippen molar-refractivity contribution in [2.24, 2.45) is 11.3 Å². The minimum Gasteiger partial charge on any atom is -0.354 e. The average Bonchev–Trinajstić information content (AvgIpc) is 2.91. The van der Waals surface area contributed by atoms with Crippen LogP contribution in [0.1, 0.15) is 68.8 Å². The maximum Gasteiger partial charge on any atom is 0.243 e. The molecule has 1 aliphatic carbocycles. The first-order valence-corrected chi connectivity index (χ1v) is 14.0. The van der Waals surface area contributed by atoms with E-state index in [4.69, 9.17) is 7.85 Å². The van der Waals surface area contributed by atoms with E-state index < -0.39 is 17.4 Å². The first-order chi connectivity index (χ1) is 18.5. The van der Waals surface area contributed by atoms with Gasteiger partial charge in [0.1, 0.15) is 13.9 Å². The summed E-state index contributed by atoms with van der Waals surface area (Å²) in [5, 5.41) is 9.16. The predicted octanol–water partition coefficient (Wildman–Crippen LogP) is 2.31. The number of likely N-dealkylation sites (N-methyl/N-ethyl adjacent to an activating group) is 1. The van der Waals surface area contributed by atoms with Gasteiger partial charge in [-0.05, 0) is 60.9 Å². The second-order valence-electron chi connectivity index (χ2n) is 12.0. The molecule has 0 saturated carbocycles. The summed E-state index contributed by atoms with van der Waals surface area (Å²) >= 11 is 0. The summed E-state index contributed by atoms with van der Waals surface area (Å²) in [7, 11) is 7.81. The molecule has 4 atom stereocenters. The number of hydrogen-bond acceptors (Lipinski definition) is 4. The highest BCUT2D eigenvalue weighted by Crippen LogP contribution is 2.33. The minimum absolute atomic E-state index is 0.0760. The van der Waals surface area contributed by atoms with Crippen molar-refractivity contribution in [2.45, 2.75) is 78.0 Å². The number of rotatable bonds is 7. The SMILES string of the molecule is [B]c1ccc2c(c1)CN(C(=O)[C@@H](CNC(=O)[C@H](C)NC)C(C)(C)C)[C@H](C(=O)N[C@@H]1CCCc3ccccc31)C2. The summed E-state index contributed by atoms with van der Waals surface area (Å²) in [6.45, 7) is 8.25. The summed E-state index contributed by atoms with van der Waals surface area (Å²) in [5.74, 6) is -0.967. The molecule has 4 rings (SSSR count). The lowest BCUT2D eigenvalue weighted by Gasteiger charge is -2.41. The minimum atomic E-state index is -0.653. The van der Waals surface area contributed by atoms with Crippen molar-refractivity contribution in [3.63, 3.8) is 0 Å². The molecule has 8 heteroatoms. The third-order valence-electron chi connectivity index (χ3n) is 8.28. The lowest BCUT2D eigenvalue weighted by molar-refractivity contribution is -0.148. The van der Waals surface area contributed by atoms with E-state index in [9.17, 15) is 14.4 Å². The van der Waals surface area contributed by atoms with Gasteiger partial charge in [0.25, 0.3) is 0 Å². The molecule has 1 heterocycles. The molecule has 2 aromatic rings. The Balaban J connectivity index is 1.62. The molecule has 0 bridgehead atoms. The van der Waals surface area contributed by atoms with Crippen LogP contribution in [-0.2, 0) is 33.8 Å². The Morgan fingerprint density at radius 2 is 1.82 bits per heavy atom. The van der Waals surface area contributed by atoms with E-state index >= 15 is 0 Å². The fourth-order valence-electron chi connectivity index (χ4n) is 5.69. The Hall–Kier alpha value is -3.13. The largest absolute Gasteiger partial charge is 0.354 e. The van der Waals surface area contributed by atoms with Crippen molar-refractivity contribution >= 4 is 31.0 Å². The van der Waals surface area contributed by atoms with Gasteiger partial charge in [-0.2, -0.15) is 0 Å².